The van der Waals surface area contributed by atoms with Gasteiger partial charge in [0, 0.05) is 25.7 Å². The second-order valence-electron chi connectivity index (χ2n) is 27.0. The van der Waals surface area contributed by atoms with Gasteiger partial charge in [-0.2, -0.15) is 0 Å². The van der Waals surface area contributed by atoms with E-state index in [1.54, 1.807) is 0 Å². The smallest absolute Gasteiger partial charge is 0.303 e. The molecule has 0 aromatic heterocycles. The molecular formula is C64H106O14S. The first-order chi connectivity index (χ1) is 35.8. The number of carboxylic acids is 3. The summed E-state index contributed by atoms with van der Waals surface area (Å²) in [5.74, 6) is -1.38. The number of rotatable bonds is 19. The monoisotopic (exact) mass is 1130 g/mol. The lowest BCUT2D eigenvalue weighted by molar-refractivity contribution is -0.138. The van der Waals surface area contributed by atoms with E-state index in [0.29, 0.717) is 42.9 Å². The predicted molar refractivity (Wildman–Crippen MR) is 323 cm³/mol. The Balaban J connectivity index is 0. The van der Waals surface area contributed by atoms with Gasteiger partial charge < -0.3 is 51.1 Å². The topological polar surface area (TPSA) is 271 Å². The zero-order valence-electron chi connectivity index (χ0n) is 51.8. The van der Waals surface area contributed by atoms with Crippen LogP contribution in [0.3, 0.4) is 0 Å². The third-order valence-corrected chi connectivity index (χ3v) is 13.3. The van der Waals surface area contributed by atoms with Crippen molar-refractivity contribution in [2.45, 2.75) is 241 Å². The molecule has 3 aromatic rings. The Kier molecular flexibility index (Phi) is 32.2. The van der Waals surface area contributed by atoms with Crippen LogP contribution in [0.1, 0.15) is 239 Å². The standard InChI is InChI=1S/3C17H26O3.C8H16OS.C5H12O4/c3*1-16(2,3)12-9-11(7-8-14(18)19)10-13(15(12)20)17(4,5)6;1-2-3-4-5-6-7-8(9)10;6-1-5(2-7,3-8)4-9/h3*9-10,20H,7-8H2,1-6H3,(H,18,19);2-7H2,1H3,(H,9,10);6-9H,1-4H2. The van der Waals surface area contributed by atoms with Crippen LogP contribution in [0.5, 0.6) is 17.2 Å². The van der Waals surface area contributed by atoms with E-state index in [-0.39, 0.29) is 56.9 Å². The molecule has 0 saturated carbocycles. The van der Waals surface area contributed by atoms with Crippen molar-refractivity contribution in [1.82, 2.24) is 0 Å². The van der Waals surface area contributed by atoms with Crippen LogP contribution in [0.25, 0.3) is 0 Å². The second-order valence-corrected chi connectivity index (χ2v) is 27.5. The number of hydrogen-bond donors (Lipinski definition) is 11. The molecule has 15 heteroatoms. The number of phenols is 3. The number of aliphatic carboxylic acids is 3. The summed E-state index contributed by atoms with van der Waals surface area (Å²) in [5, 5.41) is 92.2. The first-order valence-electron chi connectivity index (χ1n) is 27.7. The lowest BCUT2D eigenvalue weighted by Crippen LogP contribution is -2.37. The molecule has 0 unspecified atom stereocenters. The molecule has 0 saturated heterocycles. The molecule has 10 N–H and O–H groups in total. The van der Waals surface area contributed by atoms with Crippen molar-refractivity contribution in [3.8, 4) is 17.2 Å². The van der Waals surface area contributed by atoms with Crippen LogP contribution < -0.4 is 0 Å². The number of carboxylic acid groups (broad SMARTS) is 3. The first-order valence-corrected chi connectivity index (χ1v) is 28.2. The number of aromatic hydroxyl groups is 3. The average molecular weight is 1130 g/mol. The zero-order valence-corrected chi connectivity index (χ0v) is 52.7. The lowest BCUT2D eigenvalue weighted by atomic mass is 9.78. The fourth-order valence-electron chi connectivity index (χ4n) is 7.88. The minimum atomic E-state index is -1.11. The van der Waals surface area contributed by atoms with Crippen LogP contribution in [-0.4, -0.2) is 101 Å². The highest BCUT2D eigenvalue weighted by Gasteiger charge is 2.30. The van der Waals surface area contributed by atoms with E-state index in [1.165, 1.54) is 25.7 Å². The molecule has 452 valence electrons. The molecule has 14 nitrogen and oxygen atoms in total. The quantitative estimate of drug-likeness (QED) is 0.0394. The fourth-order valence-corrected chi connectivity index (χ4v) is 8.04. The van der Waals surface area contributed by atoms with Crippen molar-refractivity contribution < 1.29 is 70.2 Å². The molecule has 0 amide bonds. The number of thiol groups is 1. The number of phenolic OH excluding ortho intramolecular Hbond substituents is 3. The maximum absolute atomic E-state index is 10.8. The lowest BCUT2D eigenvalue weighted by Gasteiger charge is -2.28. The van der Waals surface area contributed by atoms with E-state index >= 15 is 0 Å². The van der Waals surface area contributed by atoms with E-state index in [4.69, 9.17) is 35.7 Å². The first kappa shape index (κ1) is 76.4. The van der Waals surface area contributed by atoms with Crippen molar-refractivity contribution >= 4 is 35.7 Å². The third kappa shape index (κ3) is 29.0. The summed E-state index contributed by atoms with van der Waals surface area (Å²) in [6, 6.07) is 11.6. The molecule has 0 radical (unpaired) electrons. The zero-order chi connectivity index (χ0) is 62.3. The molecule has 79 heavy (non-hydrogen) atoms. The number of aliphatic hydroxyl groups is 4. The van der Waals surface area contributed by atoms with Gasteiger partial charge in [0.1, 0.15) is 17.2 Å². The van der Waals surface area contributed by atoms with E-state index in [9.17, 15) is 34.5 Å². The van der Waals surface area contributed by atoms with Crippen LogP contribution in [0, 0.1) is 5.41 Å². The molecule has 0 aliphatic heterocycles. The van der Waals surface area contributed by atoms with Crippen molar-refractivity contribution in [1.29, 1.82) is 0 Å². The summed E-state index contributed by atoms with van der Waals surface area (Å²) in [6.07, 6.45) is 8.45. The van der Waals surface area contributed by atoms with Crippen molar-refractivity contribution in [2.75, 3.05) is 26.4 Å². The Morgan fingerprint density at radius 2 is 0.570 bits per heavy atom. The highest BCUT2D eigenvalue weighted by Crippen LogP contribution is 2.43. The number of benzene rings is 3. The molecule has 0 aliphatic rings. The number of carbonyl (C=O) groups is 4. The van der Waals surface area contributed by atoms with Crippen LogP contribution >= 0.6 is 12.6 Å². The molecular weight excluding hydrogens is 1020 g/mol. The van der Waals surface area contributed by atoms with Gasteiger partial charge in [0.05, 0.1) is 31.8 Å². The minimum Gasteiger partial charge on any atom is -0.507 e. The van der Waals surface area contributed by atoms with Gasteiger partial charge in [-0.25, -0.2) is 0 Å². The Morgan fingerprint density at radius 3 is 0.709 bits per heavy atom. The van der Waals surface area contributed by atoms with Gasteiger partial charge in [0.2, 0.25) is 0 Å². The SMILES string of the molecule is CC(C)(C)c1cc(CCC(=O)O)cc(C(C)(C)C)c1O.CC(C)(C)c1cc(CCC(=O)O)cc(C(C)(C)C)c1O.CC(C)(C)c1cc(CCC(=O)O)cc(C(C)(C)C)c1O.CCCCCCCC(=O)S.OCC(CO)(CO)CO. The molecule has 0 heterocycles. The van der Waals surface area contributed by atoms with Crippen molar-refractivity contribution in [3.63, 3.8) is 0 Å². The molecule has 0 fully saturated rings. The van der Waals surface area contributed by atoms with Gasteiger partial charge in [-0.3, -0.25) is 19.2 Å². The van der Waals surface area contributed by atoms with Crippen molar-refractivity contribution in [3.05, 3.63) is 86.5 Å². The molecule has 0 atom stereocenters. The minimum absolute atomic E-state index is 0.0245. The Labute approximate surface area is 480 Å². The number of unbranched alkanes of at least 4 members (excludes halogenated alkanes) is 4. The van der Waals surface area contributed by atoms with Crippen LogP contribution in [0.4, 0.5) is 0 Å². The average Bonchev–Trinajstić information content (AvgIpc) is 3.29. The van der Waals surface area contributed by atoms with E-state index in [0.717, 1.165) is 56.5 Å². The number of aryl methyl sites for hydroxylation is 3. The van der Waals surface area contributed by atoms with Crippen molar-refractivity contribution in [2.24, 2.45) is 5.41 Å². The van der Waals surface area contributed by atoms with Crippen LogP contribution in [0.2, 0.25) is 0 Å². The predicted octanol–water partition coefficient (Wildman–Crippen LogP) is 12.8. The van der Waals surface area contributed by atoms with E-state index < -0.39 is 49.8 Å². The summed E-state index contributed by atoms with van der Waals surface area (Å²) < 4.78 is 0. The number of aliphatic hydroxyl groups excluding tert-OH is 4. The largest absolute Gasteiger partial charge is 0.507 e. The molecule has 3 rings (SSSR count). The summed E-state index contributed by atoms with van der Waals surface area (Å²) >= 11 is 3.68. The summed E-state index contributed by atoms with van der Waals surface area (Å²) in [4.78, 5) is 42.6. The van der Waals surface area contributed by atoms with Crippen LogP contribution in [0.15, 0.2) is 36.4 Å². The molecule has 3 aromatic carbocycles. The maximum Gasteiger partial charge on any atom is 0.303 e. The highest BCUT2D eigenvalue weighted by molar-refractivity contribution is 7.96. The summed E-state index contributed by atoms with van der Waals surface area (Å²) in [7, 11) is 0. The van der Waals surface area contributed by atoms with E-state index in [2.05, 4.69) is 144 Å². The fraction of sp³-hybridized carbons (Fsp3) is 0.656. The van der Waals surface area contributed by atoms with Gasteiger partial charge >= 0.3 is 17.9 Å². The Bertz CT molecular complexity index is 2010. The van der Waals surface area contributed by atoms with Gasteiger partial charge in [-0.15, -0.1) is 12.6 Å². The number of hydrogen-bond acceptors (Lipinski definition) is 11. The summed E-state index contributed by atoms with van der Waals surface area (Å²) in [6.45, 7) is 37.5. The highest BCUT2D eigenvalue weighted by atomic mass is 32.1. The van der Waals surface area contributed by atoms with Gasteiger partial charge in [0.15, 0.2) is 5.12 Å². The van der Waals surface area contributed by atoms with Gasteiger partial charge in [-0.05, 0) is 108 Å². The second kappa shape index (κ2) is 33.3. The maximum atomic E-state index is 10.8. The molecule has 0 bridgehead atoms. The van der Waals surface area contributed by atoms with Gasteiger partial charge in [0.25, 0.3) is 0 Å². The molecule has 0 spiro atoms. The third-order valence-electron chi connectivity index (χ3n) is 13.1. The number of carbonyl (C=O) groups excluding carboxylic acids is 1. The Hall–Kier alpha value is -4.67. The Morgan fingerprint density at radius 1 is 0.367 bits per heavy atom. The van der Waals surface area contributed by atoms with Gasteiger partial charge in [-0.1, -0.05) is 194 Å². The normalized spacial score (nSPS) is 12.1. The molecule has 0 aliphatic carbocycles. The van der Waals surface area contributed by atoms with Crippen LogP contribution in [-0.2, 0) is 70.9 Å². The van der Waals surface area contributed by atoms with E-state index in [1.807, 2.05) is 36.4 Å². The summed E-state index contributed by atoms with van der Waals surface area (Å²) in [5.41, 5.74) is 6.02.